The topological polar surface area (TPSA) is 51.5 Å². The zero-order chi connectivity index (χ0) is 19.7. The van der Waals surface area contributed by atoms with Crippen LogP contribution < -0.4 is 14.2 Å². The number of nitriles is 1. The predicted molar refractivity (Wildman–Crippen MR) is 110 cm³/mol. The first-order chi connectivity index (χ1) is 13.5. The maximum atomic E-state index is 9.69. The number of hydrogen-bond donors (Lipinski definition) is 0. The average molecular weight is 391 g/mol. The summed E-state index contributed by atoms with van der Waals surface area (Å²) in [4.78, 5) is 0. The Bertz CT molecular complexity index is 1040. The highest BCUT2D eigenvalue weighted by Gasteiger charge is 2.19. The van der Waals surface area contributed by atoms with Crippen molar-refractivity contribution in [2.24, 2.45) is 0 Å². The van der Waals surface area contributed by atoms with Crippen molar-refractivity contribution >= 4 is 11.3 Å². The van der Waals surface area contributed by atoms with Gasteiger partial charge in [0.2, 0.25) is 6.79 Å². The van der Waals surface area contributed by atoms with E-state index in [1.165, 1.54) is 16.9 Å². The molecule has 142 valence electrons. The number of nitrogens with zero attached hydrogens (tertiary/aromatic N) is 1. The molecule has 0 saturated carbocycles. The van der Waals surface area contributed by atoms with Crippen molar-refractivity contribution in [3.63, 3.8) is 0 Å². The lowest BCUT2D eigenvalue weighted by Crippen LogP contribution is -2.10. The minimum Gasteiger partial charge on any atom is -0.478 e. The van der Waals surface area contributed by atoms with E-state index in [4.69, 9.17) is 14.2 Å². The number of fused-ring (bicyclic) bond motifs is 1. The van der Waals surface area contributed by atoms with Crippen LogP contribution in [0, 0.1) is 11.3 Å². The van der Waals surface area contributed by atoms with Gasteiger partial charge in [-0.25, -0.2) is 0 Å². The van der Waals surface area contributed by atoms with E-state index in [2.05, 4.69) is 51.1 Å². The summed E-state index contributed by atoms with van der Waals surface area (Å²) in [7, 11) is 0. The largest absolute Gasteiger partial charge is 0.478 e. The Kier molecular flexibility index (Phi) is 4.74. The Balaban J connectivity index is 1.53. The third-order valence-corrected chi connectivity index (χ3v) is 5.63. The number of rotatable bonds is 4. The fourth-order valence-electron chi connectivity index (χ4n) is 3.08. The van der Waals surface area contributed by atoms with Gasteiger partial charge in [0.05, 0.1) is 0 Å². The van der Waals surface area contributed by atoms with Crippen LogP contribution in [0.2, 0.25) is 0 Å². The minimum atomic E-state index is 0.126. The Labute approximate surface area is 168 Å². The molecule has 0 fully saturated rings. The number of benzene rings is 2. The Morgan fingerprint density at radius 1 is 1.07 bits per heavy atom. The Morgan fingerprint density at radius 3 is 2.54 bits per heavy atom. The monoisotopic (exact) mass is 391 g/mol. The minimum absolute atomic E-state index is 0.126. The lowest BCUT2D eigenvalue weighted by Gasteiger charge is -2.19. The SMILES string of the molecule is CC(C)(C)c1ccc(COc2scc(-c3ccc4c(c3)OCO4)c2C#N)cc1. The van der Waals surface area contributed by atoms with Crippen LogP contribution in [-0.4, -0.2) is 6.79 Å². The fraction of sp³-hybridized carbons (Fsp3) is 0.261. The summed E-state index contributed by atoms with van der Waals surface area (Å²) in [6, 6.07) is 16.4. The summed E-state index contributed by atoms with van der Waals surface area (Å²) in [6.07, 6.45) is 0. The second kappa shape index (κ2) is 7.21. The molecule has 0 spiro atoms. The molecule has 0 unspecified atom stereocenters. The smallest absolute Gasteiger partial charge is 0.231 e. The molecule has 4 nitrogen and oxygen atoms in total. The molecule has 0 bridgehead atoms. The summed E-state index contributed by atoms with van der Waals surface area (Å²) in [5.74, 6) is 1.43. The van der Waals surface area contributed by atoms with E-state index in [-0.39, 0.29) is 12.2 Å². The normalized spacial score (nSPS) is 12.6. The van der Waals surface area contributed by atoms with E-state index in [0.29, 0.717) is 23.0 Å². The first-order valence-electron chi connectivity index (χ1n) is 9.09. The predicted octanol–water partition coefficient (Wildman–Crippen LogP) is 5.89. The van der Waals surface area contributed by atoms with Gasteiger partial charge in [-0.1, -0.05) is 51.1 Å². The summed E-state index contributed by atoms with van der Waals surface area (Å²) in [5, 5.41) is 12.3. The van der Waals surface area contributed by atoms with Gasteiger partial charge >= 0.3 is 0 Å². The number of thiophene rings is 1. The summed E-state index contributed by atoms with van der Waals surface area (Å²) >= 11 is 1.44. The molecular formula is C23H21NO3S. The lowest BCUT2D eigenvalue weighted by molar-refractivity contribution is 0.174. The van der Waals surface area contributed by atoms with Gasteiger partial charge in [-0.3, -0.25) is 0 Å². The first-order valence-corrected chi connectivity index (χ1v) is 9.97. The summed E-state index contributed by atoms with van der Waals surface area (Å²) < 4.78 is 16.8. The zero-order valence-corrected chi connectivity index (χ0v) is 16.9. The zero-order valence-electron chi connectivity index (χ0n) is 16.1. The van der Waals surface area contributed by atoms with Gasteiger partial charge < -0.3 is 14.2 Å². The van der Waals surface area contributed by atoms with E-state index < -0.39 is 0 Å². The number of ether oxygens (including phenoxy) is 3. The Morgan fingerprint density at radius 2 is 1.82 bits per heavy atom. The molecule has 2 aromatic carbocycles. The van der Waals surface area contributed by atoms with Crippen molar-refractivity contribution in [3.05, 3.63) is 64.5 Å². The second-order valence-corrected chi connectivity index (χ2v) is 8.57. The van der Waals surface area contributed by atoms with Crippen molar-refractivity contribution in [3.8, 4) is 33.8 Å². The average Bonchev–Trinajstić information content (AvgIpc) is 3.31. The summed E-state index contributed by atoms with van der Waals surface area (Å²) in [6.45, 7) is 7.25. The Hall–Kier alpha value is -2.97. The third-order valence-electron chi connectivity index (χ3n) is 4.74. The molecular weight excluding hydrogens is 370 g/mol. The molecule has 1 aliphatic heterocycles. The quantitative estimate of drug-likeness (QED) is 0.556. The maximum absolute atomic E-state index is 9.69. The molecule has 0 aliphatic carbocycles. The molecule has 0 amide bonds. The van der Waals surface area contributed by atoms with Crippen molar-refractivity contribution < 1.29 is 14.2 Å². The highest BCUT2D eigenvalue weighted by Crippen LogP contribution is 2.41. The van der Waals surface area contributed by atoms with E-state index in [1.54, 1.807) is 0 Å². The standard InChI is InChI=1S/C23H21NO3S/c1-23(2,3)17-7-4-15(5-8-17)12-25-22-18(11-24)19(13-28-22)16-6-9-20-21(10-16)27-14-26-20/h4-10,13H,12,14H2,1-3H3. The van der Waals surface area contributed by atoms with Crippen molar-refractivity contribution in [2.75, 3.05) is 6.79 Å². The van der Waals surface area contributed by atoms with E-state index in [0.717, 1.165) is 22.4 Å². The fourth-order valence-corrected chi connectivity index (χ4v) is 3.96. The molecule has 2 heterocycles. The van der Waals surface area contributed by atoms with Gasteiger partial charge in [-0.15, -0.1) is 11.3 Å². The van der Waals surface area contributed by atoms with Gasteiger partial charge in [0.15, 0.2) is 16.6 Å². The van der Waals surface area contributed by atoms with Crippen molar-refractivity contribution in [1.82, 2.24) is 0 Å². The molecule has 28 heavy (non-hydrogen) atoms. The van der Waals surface area contributed by atoms with Crippen LogP contribution in [0.25, 0.3) is 11.1 Å². The summed E-state index contributed by atoms with van der Waals surface area (Å²) in [5.41, 5.74) is 4.81. The van der Waals surface area contributed by atoms with Crippen LogP contribution in [0.15, 0.2) is 47.8 Å². The maximum Gasteiger partial charge on any atom is 0.231 e. The molecule has 0 N–H and O–H groups in total. The van der Waals surface area contributed by atoms with Gasteiger partial charge in [0.1, 0.15) is 18.2 Å². The molecule has 0 saturated heterocycles. The van der Waals surface area contributed by atoms with Gasteiger partial charge in [-0.2, -0.15) is 5.26 Å². The van der Waals surface area contributed by atoms with Crippen LogP contribution in [-0.2, 0) is 12.0 Å². The van der Waals surface area contributed by atoms with Crippen molar-refractivity contribution in [2.45, 2.75) is 32.8 Å². The highest BCUT2D eigenvalue weighted by atomic mass is 32.1. The first kappa shape index (κ1) is 18.4. The molecule has 1 aromatic heterocycles. The molecule has 0 atom stereocenters. The molecule has 1 aliphatic rings. The van der Waals surface area contributed by atoms with Gasteiger partial charge in [-0.05, 0) is 34.2 Å². The van der Waals surface area contributed by atoms with Crippen LogP contribution in [0.5, 0.6) is 16.6 Å². The second-order valence-electron chi connectivity index (χ2n) is 7.73. The van der Waals surface area contributed by atoms with Crippen LogP contribution >= 0.6 is 11.3 Å². The van der Waals surface area contributed by atoms with Crippen LogP contribution in [0.4, 0.5) is 0 Å². The lowest BCUT2D eigenvalue weighted by atomic mass is 9.87. The van der Waals surface area contributed by atoms with Crippen LogP contribution in [0.3, 0.4) is 0 Å². The van der Waals surface area contributed by atoms with Crippen LogP contribution in [0.1, 0.15) is 37.5 Å². The van der Waals surface area contributed by atoms with E-state index in [1.807, 2.05) is 23.6 Å². The third kappa shape index (κ3) is 3.56. The van der Waals surface area contributed by atoms with Gasteiger partial charge in [0.25, 0.3) is 0 Å². The van der Waals surface area contributed by atoms with Gasteiger partial charge in [0, 0.05) is 10.9 Å². The highest BCUT2D eigenvalue weighted by molar-refractivity contribution is 7.12. The molecule has 4 rings (SSSR count). The van der Waals surface area contributed by atoms with E-state index >= 15 is 0 Å². The molecule has 3 aromatic rings. The molecule has 5 heteroatoms. The van der Waals surface area contributed by atoms with Crippen molar-refractivity contribution in [1.29, 1.82) is 5.26 Å². The molecule has 0 radical (unpaired) electrons. The number of hydrogen-bond acceptors (Lipinski definition) is 5. The van der Waals surface area contributed by atoms with E-state index in [9.17, 15) is 5.26 Å².